The van der Waals surface area contributed by atoms with Gasteiger partial charge in [0.1, 0.15) is 18.5 Å². The van der Waals surface area contributed by atoms with E-state index in [1.165, 1.54) is 19.2 Å². The van der Waals surface area contributed by atoms with E-state index in [0.29, 0.717) is 41.7 Å². The Balaban J connectivity index is 1.48. The number of ether oxygens (including phenoxy) is 2. The third-order valence-electron chi connectivity index (χ3n) is 8.70. The lowest BCUT2D eigenvalue weighted by Gasteiger charge is -2.33. The first-order valence-corrected chi connectivity index (χ1v) is 16.6. The molecule has 4 atom stereocenters. The Kier molecular flexibility index (Phi) is 13.2. The minimum atomic E-state index is -4.51. The molecule has 1 aliphatic rings. The molecular weight excluding hydrogens is 674 g/mol. The van der Waals surface area contributed by atoms with Gasteiger partial charge in [0, 0.05) is 42.6 Å². The predicted molar refractivity (Wildman–Crippen MR) is 185 cm³/mol. The second-order valence-corrected chi connectivity index (χ2v) is 12.5. The third kappa shape index (κ3) is 10.3. The van der Waals surface area contributed by atoms with E-state index in [1.54, 1.807) is 51.1 Å². The molecule has 0 aliphatic carbocycles. The molecule has 0 bridgehead atoms. The first kappa shape index (κ1) is 38.8. The number of aromatic nitrogens is 1. The van der Waals surface area contributed by atoms with Crippen molar-refractivity contribution >= 4 is 46.3 Å². The monoisotopic (exact) mass is 717 g/mol. The number of alkyl halides is 4. The molecule has 1 fully saturated rings. The summed E-state index contributed by atoms with van der Waals surface area (Å²) in [5.74, 6) is 3.80. The molecule has 51 heavy (non-hydrogen) atoms. The van der Waals surface area contributed by atoms with Crippen LogP contribution in [0.5, 0.6) is 5.75 Å². The number of nitrogens with one attached hydrogen (secondary N) is 2. The zero-order valence-corrected chi connectivity index (χ0v) is 29.2. The molecule has 4 rings (SSSR count). The summed E-state index contributed by atoms with van der Waals surface area (Å²) in [5.41, 5.74) is 1.63. The van der Waals surface area contributed by atoms with Crippen molar-refractivity contribution < 1.29 is 46.3 Å². The minimum absolute atomic E-state index is 0.0118. The Morgan fingerprint density at radius 3 is 2.59 bits per heavy atom. The first-order valence-electron chi connectivity index (χ1n) is 16.6. The van der Waals surface area contributed by atoms with Gasteiger partial charge in [0.05, 0.1) is 54.8 Å². The number of hydroxylamine groups is 1. The number of carbonyl (C=O) groups is 3. The van der Waals surface area contributed by atoms with E-state index >= 15 is 0 Å². The number of amides is 1. The summed E-state index contributed by atoms with van der Waals surface area (Å²) in [5, 5.41) is 7.51. The van der Waals surface area contributed by atoms with Gasteiger partial charge < -0.3 is 34.4 Å². The molecule has 3 aromatic rings. The van der Waals surface area contributed by atoms with E-state index in [2.05, 4.69) is 22.5 Å². The SMILES string of the molecule is CCC(=O)OCC(C)C(C)C(=O)ON(C=O)c1ccc(NCC#Cc2cc3c(N[C@@H]4CCN(C)C[C@@H]4F)cccc3n2CC(F)(F)F)c(OC)c1. The van der Waals surface area contributed by atoms with Gasteiger partial charge >= 0.3 is 18.1 Å². The standard InChI is InChI=1S/C36H43F4N5O6/c1-6-34(47)50-20-23(2)24(3)35(48)51-45(22-46)26-12-13-31(33(18-26)49-5)41-15-8-9-25-17-27-29(42-30-14-16-43(4)19-28(30)37)10-7-11-32(27)44(25)21-36(38,39)40/h7,10-13,17-18,22-24,28,30,41-42H,6,14-16,19-21H2,1-5H3/t23?,24?,28-,30+/m0/s1. The largest absolute Gasteiger partial charge is 0.495 e. The highest BCUT2D eigenvalue weighted by Crippen LogP contribution is 2.32. The van der Waals surface area contributed by atoms with E-state index in [4.69, 9.17) is 14.3 Å². The zero-order valence-electron chi connectivity index (χ0n) is 29.2. The van der Waals surface area contributed by atoms with Gasteiger partial charge in [0.25, 0.3) is 0 Å². The van der Waals surface area contributed by atoms with Crippen LogP contribution < -0.4 is 20.4 Å². The fourth-order valence-electron chi connectivity index (χ4n) is 5.54. The number of fused-ring (bicyclic) bond motifs is 1. The number of halogens is 4. The molecule has 0 saturated carbocycles. The molecule has 1 aromatic heterocycles. The van der Waals surface area contributed by atoms with Gasteiger partial charge in [-0.25, -0.2) is 9.18 Å². The Morgan fingerprint density at radius 2 is 1.92 bits per heavy atom. The van der Waals surface area contributed by atoms with Crippen molar-refractivity contribution in [3.63, 3.8) is 0 Å². The Morgan fingerprint density at radius 1 is 1.16 bits per heavy atom. The number of hydrogen-bond donors (Lipinski definition) is 2. The number of benzene rings is 2. The van der Waals surface area contributed by atoms with Crippen molar-refractivity contribution in [1.29, 1.82) is 0 Å². The van der Waals surface area contributed by atoms with Crippen LogP contribution in [0.4, 0.5) is 34.6 Å². The molecule has 2 heterocycles. The van der Waals surface area contributed by atoms with Crippen molar-refractivity contribution in [3.05, 3.63) is 48.2 Å². The van der Waals surface area contributed by atoms with Crippen LogP contribution in [0.3, 0.4) is 0 Å². The summed E-state index contributed by atoms with van der Waals surface area (Å²) in [4.78, 5) is 43.2. The summed E-state index contributed by atoms with van der Waals surface area (Å²) in [7, 11) is 3.24. The van der Waals surface area contributed by atoms with Crippen molar-refractivity contribution in [1.82, 2.24) is 9.47 Å². The lowest BCUT2D eigenvalue weighted by molar-refractivity contribution is -0.156. The molecule has 11 nitrogen and oxygen atoms in total. The molecule has 1 aliphatic heterocycles. The van der Waals surface area contributed by atoms with Gasteiger partial charge in [0.2, 0.25) is 6.41 Å². The molecule has 0 radical (unpaired) electrons. The van der Waals surface area contributed by atoms with Crippen LogP contribution in [0.15, 0.2) is 42.5 Å². The highest BCUT2D eigenvalue weighted by atomic mass is 19.4. The quantitative estimate of drug-likeness (QED) is 0.0705. The summed E-state index contributed by atoms with van der Waals surface area (Å²) in [6.07, 6.45) is -4.56. The number of rotatable bonds is 14. The molecule has 15 heteroatoms. The fraction of sp³-hybridized carbons (Fsp3) is 0.472. The number of likely N-dealkylation sites (tertiary alicyclic amines) is 1. The molecule has 1 saturated heterocycles. The van der Waals surface area contributed by atoms with Gasteiger partial charge in [-0.3, -0.25) is 9.59 Å². The Labute approximate surface area is 294 Å². The smallest absolute Gasteiger partial charge is 0.406 e. The van der Waals surface area contributed by atoms with Gasteiger partial charge in [-0.1, -0.05) is 32.8 Å². The molecule has 1 amide bonds. The molecule has 2 N–H and O–H groups in total. The number of anilines is 3. The lowest BCUT2D eigenvalue weighted by Crippen LogP contribution is -2.46. The van der Waals surface area contributed by atoms with Crippen molar-refractivity contribution in [2.75, 3.05) is 56.1 Å². The molecular formula is C36H43F4N5O6. The lowest BCUT2D eigenvalue weighted by atomic mass is 9.97. The summed E-state index contributed by atoms with van der Waals surface area (Å²) in [6, 6.07) is 10.6. The highest BCUT2D eigenvalue weighted by Gasteiger charge is 2.31. The number of hydrogen-bond acceptors (Lipinski definition) is 9. The van der Waals surface area contributed by atoms with E-state index in [9.17, 15) is 31.9 Å². The normalized spacial score (nSPS) is 17.4. The molecule has 276 valence electrons. The van der Waals surface area contributed by atoms with E-state index in [0.717, 1.165) is 9.63 Å². The van der Waals surface area contributed by atoms with Gasteiger partial charge in [-0.15, -0.1) is 5.06 Å². The summed E-state index contributed by atoms with van der Waals surface area (Å²) in [6.45, 7) is 4.71. The van der Waals surface area contributed by atoms with E-state index in [-0.39, 0.29) is 49.2 Å². The van der Waals surface area contributed by atoms with Crippen LogP contribution in [0, 0.1) is 23.7 Å². The molecule has 2 aromatic carbocycles. The predicted octanol–water partition coefficient (Wildman–Crippen LogP) is 5.78. The Bertz CT molecular complexity index is 1750. The molecule has 2 unspecified atom stereocenters. The van der Waals surface area contributed by atoms with Crippen LogP contribution >= 0.6 is 0 Å². The van der Waals surface area contributed by atoms with Crippen LogP contribution in [-0.4, -0.2) is 86.6 Å². The van der Waals surface area contributed by atoms with Gasteiger partial charge in [0.15, 0.2) is 0 Å². The van der Waals surface area contributed by atoms with Gasteiger partial charge in [-0.05, 0) is 49.7 Å². The average molecular weight is 718 g/mol. The topological polar surface area (TPSA) is 114 Å². The van der Waals surface area contributed by atoms with Crippen molar-refractivity contribution in [2.45, 2.75) is 58.5 Å². The summed E-state index contributed by atoms with van der Waals surface area (Å²) >= 11 is 0. The second-order valence-electron chi connectivity index (χ2n) is 12.5. The maximum atomic E-state index is 14.8. The van der Waals surface area contributed by atoms with Crippen LogP contribution in [0.1, 0.15) is 39.3 Å². The highest BCUT2D eigenvalue weighted by molar-refractivity contribution is 5.94. The van der Waals surface area contributed by atoms with Crippen molar-refractivity contribution in [3.8, 4) is 17.6 Å². The fourth-order valence-corrected chi connectivity index (χ4v) is 5.54. The Hall–Kier alpha value is -4.97. The van der Waals surface area contributed by atoms with E-state index < -0.39 is 42.8 Å². The average Bonchev–Trinajstić information content (AvgIpc) is 3.44. The van der Waals surface area contributed by atoms with Crippen LogP contribution in [0.25, 0.3) is 10.9 Å². The zero-order chi connectivity index (χ0) is 37.3. The second kappa shape index (κ2) is 17.3. The number of esters is 1. The maximum absolute atomic E-state index is 14.8. The number of methoxy groups -OCH3 is 1. The molecule has 0 spiro atoms. The van der Waals surface area contributed by atoms with E-state index in [1.807, 2.05) is 11.9 Å². The van der Waals surface area contributed by atoms with Crippen molar-refractivity contribution in [2.24, 2.45) is 11.8 Å². The maximum Gasteiger partial charge on any atom is 0.406 e. The number of carbonyl (C=O) groups excluding carboxylic acids is 3. The number of nitrogens with zero attached hydrogens (tertiary/aromatic N) is 3. The van der Waals surface area contributed by atoms with Crippen LogP contribution in [0.2, 0.25) is 0 Å². The van der Waals surface area contributed by atoms with Gasteiger partial charge in [-0.2, -0.15) is 13.2 Å². The first-order chi connectivity index (χ1) is 24.2. The number of piperidine rings is 1. The minimum Gasteiger partial charge on any atom is -0.495 e. The summed E-state index contributed by atoms with van der Waals surface area (Å²) < 4.78 is 67.5. The van der Waals surface area contributed by atoms with Crippen LogP contribution in [-0.2, 0) is 30.5 Å². The third-order valence-corrected chi connectivity index (χ3v) is 8.70.